The fourth-order valence-corrected chi connectivity index (χ4v) is 4.30. The third-order valence-electron chi connectivity index (χ3n) is 4.92. The lowest BCUT2D eigenvalue weighted by atomic mass is 9.90. The summed E-state index contributed by atoms with van der Waals surface area (Å²) in [6, 6.07) is 18.3. The molecule has 2 aromatic carbocycles. The van der Waals surface area contributed by atoms with Gasteiger partial charge in [-0.3, -0.25) is 4.79 Å². The number of carbonyl (C=O) groups excluding carboxylic acids is 1. The number of nitrogens with zero attached hydrogens (tertiary/aromatic N) is 1. The molecule has 1 heterocycles. The molecular formula is C21H23BrClNO. The molecule has 2 aromatic rings. The van der Waals surface area contributed by atoms with Crippen LogP contribution in [0.1, 0.15) is 24.0 Å². The second kappa shape index (κ2) is 8.86. The van der Waals surface area contributed by atoms with Crippen molar-refractivity contribution in [1.29, 1.82) is 0 Å². The van der Waals surface area contributed by atoms with Crippen molar-refractivity contribution in [1.82, 2.24) is 4.90 Å². The van der Waals surface area contributed by atoms with Crippen LogP contribution in [0.2, 0.25) is 5.02 Å². The molecule has 0 radical (unpaired) electrons. The Kier molecular flexibility index (Phi) is 6.55. The fraction of sp³-hybridized carbons (Fsp3) is 0.381. The molecule has 1 aliphatic rings. The maximum atomic E-state index is 12.7. The Morgan fingerprint density at radius 1 is 1.08 bits per heavy atom. The van der Waals surface area contributed by atoms with Crippen LogP contribution in [-0.4, -0.2) is 28.7 Å². The number of likely N-dealkylation sites (tertiary alicyclic amines) is 1. The van der Waals surface area contributed by atoms with Crippen LogP contribution in [0.15, 0.2) is 54.6 Å². The summed E-state index contributed by atoms with van der Waals surface area (Å²) >= 11 is 9.78. The van der Waals surface area contributed by atoms with Crippen molar-refractivity contribution in [2.24, 2.45) is 5.92 Å². The molecule has 132 valence electrons. The predicted octanol–water partition coefficient (Wildman–Crippen LogP) is 5.13. The number of amides is 1. The molecule has 1 amide bonds. The highest BCUT2D eigenvalue weighted by Gasteiger charge is 2.27. The molecule has 0 spiro atoms. The van der Waals surface area contributed by atoms with E-state index in [9.17, 15) is 4.79 Å². The van der Waals surface area contributed by atoms with Gasteiger partial charge in [-0.2, -0.15) is 0 Å². The molecule has 1 fully saturated rings. The summed E-state index contributed by atoms with van der Waals surface area (Å²) in [4.78, 5) is 14.5. The van der Waals surface area contributed by atoms with E-state index in [-0.39, 0.29) is 10.7 Å². The Bertz CT molecular complexity index is 698. The number of hydrogen-bond donors (Lipinski definition) is 0. The van der Waals surface area contributed by atoms with E-state index in [0.717, 1.165) is 42.9 Å². The van der Waals surface area contributed by atoms with Gasteiger partial charge in [0.2, 0.25) is 5.91 Å². The van der Waals surface area contributed by atoms with Gasteiger partial charge in [0.1, 0.15) is 0 Å². The van der Waals surface area contributed by atoms with Gasteiger partial charge in [0, 0.05) is 18.1 Å². The van der Waals surface area contributed by atoms with Gasteiger partial charge < -0.3 is 4.90 Å². The lowest BCUT2D eigenvalue weighted by Gasteiger charge is -2.33. The maximum Gasteiger partial charge on any atom is 0.236 e. The van der Waals surface area contributed by atoms with Crippen LogP contribution in [-0.2, 0) is 17.6 Å². The van der Waals surface area contributed by atoms with Gasteiger partial charge in [0.15, 0.2) is 0 Å². The van der Waals surface area contributed by atoms with Crippen molar-refractivity contribution >= 4 is 33.4 Å². The number of rotatable bonds is 5. The van der Waals surface area contributed by atoms with Gasteiger partial charge in [0.05, 0.1) is 4.83 Å². The zero-order chi connectivity index (χ0) is 17.6. The standard InChI is InChI=1S/C21H23BrClNO/c22-19(15-18-8-4-5-9-20(18)23)21(25)24-12-10-17(11-13-24)14-16-6-2-1-3-7-16/h1-9,17,19H,10-15H2. The number of piperidine rings is 1. The lowest BCUT2D eigenvalue weighted by molar-refractivity contribution is -0.131. The molecule has 0 N–H and O–H groups in total. The van der Waals surface area contributed by atoms with Crippen molar-refractivity contribution in [3.05, 3.63) is 70.7 Å². The van der Waals surface area contributed by atoms with Crippen molar-refractivity contribution in [2.45, 2.75) is 30.5 Å². The molecule has 1 aliphatic heterocycles. The zero-order valence-corrected chi connectivity index (χ0v) is 16.5. The average Bonchev–Trinajstić information content (AvgIpc) is 2.64. The van der Waals surface area contributed by atoms with Gasteiger partial charge in [0.25, 0.3) is 0 Å². The van der Waals surface area contributed by atoms with E-state index in [1.807, 2.05) is 29.2 Å². The fourth-order valence-electron chi connectivity index (χ4n) is 3.45. The Morgan fingerprint density at radius 3 is 2.40 bits per heavy atom. The van der Waals surface area contributed by atoms with Crippen LogP contribution in [0.5, 0.6) is 0 Å². The van der Waals surface area contributed by atoms with Crippen molar-refractivity contribution in [3.63, 3.8) is 0 Å². The number of halogens is 2. The Labute approximate surface area is 163 Å². The van der Waals surface area contributed by atoms with E-state index in [0.29, 0.717) is 12.3 Å². The molecule has 0 saturated carbocycles. The van der Waals surface area contributed by atoms with Gasteiger partial charge in [-0.25, -0.2) is 0 Å². The van der Waals surface area contributed by atoms with Gasteiger partial charge in [-0.05, 0) is 48.8 Å². The van der Waals surface area contributed by atoms with Crippen molar-refractivity contribution in [3.8, 4) is 0 Å². The highest BCUT2D eigenvalue weighted by molar-refractivity contribution is 9.10. The first-order valence-electron chi connectivity index (χ1n) is 8.83. The van der Waals surface area contributed by atoms with Crippen LogP contribution >= 0.6 is 27.5 Å². The van der Waals surface area contributed by atoms with Crippen LogP contribution < -0.4 is 0 Å². The minimum atomic E-state index is -0.210. The molecule has 0 aromatic heterocycles. The summed E-state index contributed by atoms with van der Waals surface area (Å²) in [7, 11) is 0. The third kappa shape index (κ3) is 5.08. The lowest BCUT2D eigenvalue weighted by Crippen LogP contribution is -2.43. The summed E-state index contributed by atoms with van der Waals surface area (Å²) in [5.41, 5.74) is 2.41. The Morgan fingerprint density at radius 2 is 1.72 bits per heavy atom. The maximum absolute atomic E-state index is 12.7. The van der Waals surface area contributed by atoms with E-state index in [2.05, 4.69) is 46.3 Å². The molecular weight excluding hydrogens is 398 g/mol. The first-order chi connectivity index (χ1) is 12.1. The summed E-state index contributed by atoms with van der Waals surface area (Å²) in [5, 5.41) is 0.723. The SMILES string of the molecule is O=C(C(Br)Cc1ccccc1Cl)N1CCC(Cc2ccccc2)CC1. The molecule has 2 nitrogen and oxygen atoms in total. The predicted molar refractivity (Wildman–Crippen MR) is 107 cm³/mol. The largest absolute Gasteiger partial charge is 0.342 e. The molecule has 4 heteroatoms. The molecule has 1 unspecified atom stereocenters. The monoisotopic (exact) mass is 419 g/mol. The van der Waals surface area contributed by atoms with Gasteiger partial charge in [-0.1, -0.05) is 76.1 Å². The van der Waals surface area contributed by atoms with Crippen molar-refractivity contribution in [2.75, 3.05) is 13.1 Å². The van der Waals surface area contributed by atoms with Crippen LogP contribution in [0.25, 0.3) is 0 Å². The molecule has 0 aliphatic carbocycles. The van der Waals surface area contributed by atoms with E-state index in [4.69, 9.17) is 11.6 Å². The van der Waals surface area contributed by atoms with E-state index >= 15 is 0 Å². The number of hydrogen-bond acceptors (Lipinski definition) is 1. The number of carbonyl (C=O) groups is 1. The molecule has 1 atom stereocenters. The summed E-state index contributed by atoms with van der Waals surface area (Å²) < 4.78 is 0. The smallest absolute Gasteiger partial charge is 0.236 e. The summed E-state index contributed by atoms with van der Waals surface area (Å²) in [6.07, 6.45) is 3.89. The second-order valence-corrected chi connectivity index (χ2v) is 8.23. The quantitative estimate of drug-likeness (QED) is 0.614. The minimum Gasteiger partial charge on any atom is -0.342 e. The average molecular weight is 421 g/mol. The van der Waals surface area contributed by atoms with E-state index in [1.54, 1.807) is 0 Å². The van der Waals surface area contributed by atoms with Crippen LogP contribution in [0, 0.1) is 5.92 Å². The Balaban J connectivity index is 1.50. The molecule has 25 heavy (non-hydrogen) atoms. The normalized spacial score (nSPS) is 16.6. The topological polar surface area (TPSA) is 20.3 Å². The highest BCUT2D eigenvalue weighted by Crippen LogP contribution is 2.25. The summed E-state index contributed by atoms with van der Waals surface area (Å²) in [5.74, 6) is 0.849. The zero-order valence-electron chi connectivity index (χ0n) is 14.2. The first kappa shape index (κ1) is 18.5. The number of benzene rings is 2. The number of alkyl halides is 1. The van der Waals surface area contributed by atoms with Crippen LogP contribution in [0.4, 0.5) is 0 Å². The summed E-state index contributed by atoms with van der Waals surface area (Å²) in [6.45, 7) is 1.70. The van der Waals surface area contributed by atoms with Crippen LogP contribution in [0.3, 0.4) is 0 Å². The highest BCUT2D eigenvalue weighted by atomic mass is 79.9. The first-order valence-corrected chi connectivity index (χ1v) is 10.1. The van der Waals surface area contributed by atoms with E-state index < -0.39 is 0 Å². The molecule has 0 bridgehead atoms. The van der Waals surface area contributed by atoms with Gasteiger partial charge in [-0.15, -0.1) is 0 Å². The second-order valence-electron chi connectivity index (χ2n) is 6.72. The van der Waals surface area contributed by atoms with Gasteiger partial charge >= 0.3 is 0 Å². The minimum absolute atomic E-state index is 0.179. The third-order valence-corrected chi connectivity index (χ3v) is 6.00. The Hall–Kier alpha value is -1.32. The molecule has 3 rings (SSSR count). The van der Waals surface area contributed by atoms with E-state index in [1.165, 1.54) is 5.56 Å². The van der Waals surface area contributed by atoms with Crippen molar-refractivity contribution < 1.29 is 4.79 Å². The molecule has 1 saturated heterocycles.